The van der Waals surface area contributed by atoms with E-state index in [0.717, 1.165) is 19.3 Å². The summed E-state index contributed by atoms with van der Waals surface area (Å²) in [5.41, 5.74) is -1.37. The standard InChI is InChI=1S/C39H54FN5O9S/c1-5-6-17-30-32(53-37(50)44-22-24-13-12-15-28(40)27(24)23-44)20-31-33(46)42-39(35(48)43-55(51,52)26-18-19-26)21-25(39)14-10-8-7-9-11-16-29(34(47)45(30)31)41-36(49)54-38(2,3)4/h10,12-15,25-26,29-32H,5-9,11,16-23H2,1-4H3,(H,41,49)(H,42,46)(H,43,48)/t25-,29+,30+,31+,32-,39-/m1/s1. The van der Waals surface area contributed by atoms with Crippen LogP contribution in [0.15, 0.2) is 30.4 Å². The smallest absolute Gasteiger partial charge is 0.410 e. The van der Waals surface area contributed by atoms with Crippen molar-refractivity contribution in [3.05, 3.63) is 47.3 Å². The first-order valence-electron chi connectivity index (χ1n) is 19.6. The summed E-state index contributed by atoms with van der Waals surface area (Å²) >= 11 is 0. The summed E-state index contributed by atoms with van der Waals surface area (Å²) in [6.45, 7) is 7.22. The molecule has 16 heteroatoms. The maximum atomic E-state index is 14.8. The highest BCUT2D eigenvalue weighted by atomic mass is 32.2. The van der Waals surface area contributed by atoms with E-state index in [0.29, 0.717) is 49.7 Å². The molecule has 1 saturated heterocycles. The van der Waals surface area contributed by atoms with Crippen molar-refractivity contribution in [1.29, 1.82) is 0 Å². The Hall–Kier alpha value is -4.21. The van der Waals surface area contributed by atoms with Crippen molar-refractivity contribution in [1.82, 2.24) is 25.2 Å². The van der Waals surface area contributed by atoms with Crippen LogP contribution in [-0.2, 0) is 47.0 Å². The molecule has 2 aliphatic carbocycles. The van der Waals surface area contributed by atoms with Gasteiger partial charge in [-0.15, -0.1) is 0 Å². The molecule has 3 heterocycles. The molecule has 1 aromatic carbocycles. The van der Waals surface area contributed by atoms with Gasteiger partial charge in [0.1, 0.15) is 35.1 Å². The molecule has 0 aromatic heterocycles. The molecule has 6 atom stereocenters. The molecule has 14 nitrogen and oxygen atoms in total. The second-order valence-corrected chi connectivity index (χ2v) is 18.5. The fourth-order valence-electron chi connectivity index (χ4n) is 7.93. The van der Waals surface area contributed by atoms with Gasteiger partial charge in [0.2, 0.25) is 21.8 Å². The van der Waals surface area contributed by atoms with Crippen LogP contribution in [0.1, 0.15) is 116 Å². The Morgan fingerprint density at radius 3 is 2.53 bits per heavy atom. The predicted octanol–water partition coefficient (Wildman–Crippen LogP) is 4.70. The molecule has 0 unspecified atom stereocenters. The van der Waals surface area contributed by atoms with Gasteiger partial charge in [0.15, 0.2) is 0 Å². The lowest BCUT2D eigenvalue weighted by atomic mass is 10.0. The number of sulfonamides is 1. The van der Waals surface area contributed by atoms with Gasteiger partial charge in [0.25, 0.3) is 5.91 Å². The average molecular weight is 788 g/mol. The van der Waals surface area contributed by atoms with E-state index in [9.17, 15) is 36.8 Å². The number of nitrogens with zero attached hydrogens (tertiary/aromatic N) is 2. The van der Waals surface area contributed by atoms with Gasteiger partial charge in [-0.25, -0.2) is 22.4 Å². The van der Waals surface area contributed by atoms with Gasteiger partial charge in [0.05, 0.1) is 17.8 Å². The summed E-state index contributed by atoms with van der Waals surface area (Å²) in [6.07, 6.45) is 6.85. The van der Waals surface area contributed by atoms with Crippen LogP contribution in [0.5, 0.6) is 0 Å². The molecule has 0 radical (unpaired) electrons. The third-order valence-corrected chi connectivity index (χ3v) is 12.9. The van der Waals surface area contributed by atoms with Gasteiger partial charge in [-0.1, -0.05) is 56.9 Å². The Bertz CT molecular complexity index is 1810. The van der Waals surface area contributed by atoms with Crippen molar-refractivity contribution in [2.45, 2.75) is 158 Å². The third kappa shape index (κ3) is 9.26. The summed E-state index contributed by atoms with van der Waals surface area (Å²) in [5, 5.41) is 4.94. The van der Waals surface area contributed by atoms with Crippen LogP contribution in [0.4, 0.5) is 14.0 Å². The molecule has 3 fully saturated rings. The topological polar surface area (TPSA) is 181 Å². The number of alkyl carbamates (subject to hydrolysis) is 1. The molecule has 5 amide bonds. The molecule has 5 aliphatic rings. The minimum atomic E-state index is -3.94. The van der Waals surface area contributed by atoms with Crippen molar-refractivity contribution < 1.29 is 46.3 Å². The molecule has 1 aromatic rings. The fourth-order valence-corrected chi connectivity index (χ4v) is 9.30. The first kappa shape index (κ1) is 40.5. The molecular formula is C39H54FN5O9S. The fraction of sp³-hybridized carbons (Fsp3) is 0.667. The molecule has 3 N–H and O–H groups in total. The first-order chi connectivity index (χ1) is 26.0. The lowest BCUT2D eigenvalue weighted by Gasteiger charge is -2.35. The number of ether oxygens (including phenoxy) is 2. The number of carbonyl (C=O) groups excluding carboxylic acids is 5. The number of hydrogen-bond acceptors (Lipinski definition) is 9. The quantitative estimate of drug-likeness (QED) is 0.315. The van der Waals surface area contributed by atoms with Crippen molar-refractivity contribution in [2.75, 3.05) is 0 Å². The molecule has 2 saturated carbocycles. The zero-order chi connectivity index (χ0) is 39.7. The average Bonchev–Trinajstić information content (AvgIpc) is 4.00. The molecule has 3 aliphatic heterocycles. The zero-order valence-corrected chi connectivity index (χ0v) is 32.9. The minimum absolute atomic E-state index is 0.00205. The van der Waals surface area contributed by atoms with Crippen molar-refractivity contribution >= 4 is 39.9 Å². The molecule has 0 bridgehead atoms. The van der Waals surface area contributed by atoms with Crippen LogP contribution in [0.3, 0.4) is 0 Å². The second kappa shape index (κ2) is 16.1. The van der Waals surface area contributed by atoms with E-state index in [1.807, 2.05) is 19.1 Å². The number of carbonyl (C=O) groups is 5. The Morgan fingerprint density at radius 2 is 1.84 bits per heavy atom. The number of allylic oxidation sites excluding steroid dienone is 1. The van der Waals surface area contributed by atoms with Gasteiger partial charge in [-0.2, -0.15) is 0 Å². The third-order valence-electron chi connectivity index (χ3n) is 11.1. The number of unbranched alkanes of at least 4 members (excludes halogenated alkanes) is 1. The maximum Gasteiger partial charge on any atom is 0.410 e. The zero-order valence-electron chi connectivity index (χ0n) is 32.1. The Labute approximate surface area is 322 Å². The van der Waals surface area contributed by atoms with Crippen LogP contribution in [0.25, 0.3) is 0 Å². The predicted molar refractivity (Wildman–Crippen MR) is 199 cm³/mol. The van der Waals surface area contributed by atoms with E-state index in [2.05, 4.69) is 15.4 Å². The summed E-state index contributed by atoms with van der Waals surface area (Å²) in [6, 6.07) is 1.52. The second-order valence-electron chi connectivity index (χ2n) is 16.6. The van der Waals surface area contributed by atoms with Crippen LogP contribution in [0, 0.1) is 11.7 Å². The normalized spacial score (nSPS) is 28.5. The number of nitrogens with one attached hydrogen (secondary N) is 3. The first-order valence-corrected chi connectivity index (χ1v) is 21.2. The number of hydrogen-bond donors (Lipinski definition) is 3. The largest absolute Gasteiger partial charge is 0.444 e. The number of amides is 5. The van der Waals surface area contributed by atoms with E-state index in [-0.39, 0.29) is 32.4 Å². The van der Waals surface area contributed by atoms with Crippen LogP contribution < -0.4 is 15.4 Å². The summed E-state index contributed by atoms with van der Waals surface area (Å²) in [5.74, 6) is -3.01. The highest BCUT2D eigenvalue weighted by Gasteiger charge is 2.62. The minimum Gasteiger partial charge on any atom is -0.444 e. The number of benzene rings is 1. The van der Waals surface area contributed by atoms with Crippen LogP contribution in [0.2, 0.25) is 0 Å². The molecule has 302 valence electrons. The van der Waals surface area contributed by atoms with Gasteiger partial charge < -0.3 is 25.0 Å². The van der Waals surface area contributed by atoms with Gasteiger partial charge in [0, 0.05) is 24.4 Å². The maximum absolute atomic E-state index is 14.8. The number of fused-ring (bicyclic) bond motifs is 3. The van der Waals surface area contributed by atoms with E-state index in [4.69, 9.17) is 9.47 Å². The van der Waals surface area contributed by atoms with Crippen LogP contribution >= 0.6 is 0 Å². The molecule has 6 rings (SSSR count). The Morgan fingerprint density at radius 1 is 1.07 bits per heavy atom. The number of halogens is 1. The lowest BCUT2D eigenvalue weighted by molar-refractivity contribution is -0.143. The van der Waals surface area contributed by atoms with E-state index < -0.39 is 92.3 Å². The highest BCUT2D eigenvalue weighted by molar-refractivity contribution is 7.91. The van der Waals surface area contributed by atoms with Gasteiger partial charge in [-0.05, 0) is 77.3 Å². The molecular weight excluding hydrogens is 734 g/mol. The van der Waals surface area contributed by atoms with Gasteiger partial charge in [-0.3, -0.25) is 24.0 Å². The highest BCUT2D eigenvalue weighted by Crippen LogP contribution is 2.46. The van der Waals surface area contributed by atoms with Crippen molar-refractivity contribution in [3.8, 4) is 0 Å². The van der Waals surface area contributed by atoms with Crippen molar-refractivity contribution in [2.24, 2.45) is 5.92 Å². The Kier molecular flexibility index (Phi) is 11.8. The summed E-state index contributed by atoms with van der Waals surface area (Å²) in [7, 11) is -3.94. The molecule has 55 heavy (non-hydrogen) atoms. The van der Waals surface area contributed by atoms with Crippen molar-refractivity contribution in [3.63, 3.8) is 0 Å². The molecule has 0 spiro atoms. The van der Waals surface area contributed by atoms with Crippen LogP contribution in [-0.4, -0.2) is 88.7 Å². The van der Waals surface area contributed by atoms with E-state index in [1.54, 1.807) is 32.9 Å². The SMILES string of the molecule is CCCC[C@H]1[C@H](OC(=O)N2Cc3cccc(F)c3C2)C[C@H]2C(=O)N[C@]3(C(=O)NS(=O)(=O)C4CC4)C[C@H]3C=CCCCCC[C@H](NC(=O)OC(C)(C)C)C(=O)N21. The van der Waals surface area contributed by atoms with E-state index >= 15 is 0 Å². The Balaban J connectivity index is 1.33. The summed E-state index contributed by atoms with van der Waals surface area (Å²) in [4.78, 5) is 72.8. The summed E-state index contributed by atoms with van der Waals surface area (Å²) < 4.78 is 54.2. The lowest BCUT2D eigenvalue weighted by Crippen LogP contribution is -2.59. The number of rotatable bonds is 8. The van der Waals surface area contributed by atoms with E-state index in [1.165, 1.54) is 15.9 Å². The van der Waals surface area contributed by atoms with Gasteiger partial charge >= 0.3 is 12.2 Å². The monoisotopic (exact) mass is 787 g/mol.